The third kappa shape index (κ3) is 3.64. The van der Waals surface area contributed by atoms with Crippen LogP contribution in [0.3, 0.4) is 0 Å². The Morgan fingerprint density at radius 1 is 1.29 bits per heavy atom. The average molecular weight is 328 g/mol. The Bertz CT molecular complexity index is 598. The maximum Gasteiger partial charge on any atom is 0.0692 e. The summed E-state index contributed by atoms with van der Waals surface area (Å²) in [6, 6.07) is 11.1. The maximum absolute atomic E-state index is 10.5. The molecule has 1 unspecified atom stereocenters. The number of aryl methyl sites for hydroxylation is 1. The van der Waals surface area contributed by atoms with E-state index < -0.39 is 11.5 Å². The molecule has 4 heteroatoms. The number of benzene rings is 1. The minimum atomic E-state index is -0.495. The van der Waals surface area contributed by atoms with Gasteiger partial charge in [0.1, 0.15) is 0 Å². The van der Waals surface area contributed by atoms with Crippen LogP contribution in [0.5, 0.6) is 0 Å². The molecular weight excluding hydrogens is 300 g/mol. The van der Waals surface area contributed by atoms with Crippen molar-refractivity contribution >= 4 is 0 Å². The number of nitriles is 1. The molecule has 1 saturated carbocycles. The highest BCUT2D eigenvalue weighted by atomic mass is 16.5. The second-order valence-corrected chi connectivity index (χ2v) is 7.55. The van der Waals surface area contributed by atoms with Crippen LogP contribution in [0.25, 0.3) is 0 Å². The second-order valence-electron chi connectivity index (χ2n) is 7.55. The molecule has 1 atom stereocenters. The normalized spacial score (nSPS) is 23.0. The summed E-state index contributed by atoms with van der Waals surface area (Å²) in [6.07, 6.45) is 4.93. The minimum Gasteiger partial charge on any atom is -0.392 e. The van der Waals surface area contributed by atoms with Crippen molar-refractivity contribution in [2.24, 2.45) is 5.41 Å². The van der Waals surface area contributed by atoms with Crippen molar-refractivity contribution in [3.05, 3.63) is 35.4 Å². The number of hydrogen-bond acceptors (Lipinski definition) is 4. The number of nitrogens with one attached hydrogen (secondary N) is 1. The first kappa shape index (κ1) is 17.4. The molecule has 0 radical (unpaired) electrons. The Balaban J connectivity index is 1.60. The Morgan fingerprint density at radius 2 is 2.04 bits per heavy atom. The summed E-state index contributed by atoms with van der Waals surface area (Å²) in [5, 5.41) is 23.7. The lowest BCUT2D eigenvalue weighted by Gasteiger charge is -2.44. The molecule has 1 saturated heterocycles. The molecule has 1 aromatic carbocycles. The number of ether oxygens (including phenoxy) is 1. The minimum absolute atomic E-state index is 0.00246. The molecular formula is C20H28N2O2. The topological polar surface area (TPSA) is 65.3 Å². The highest BCUT2D eigenvalue weighted by molar-refractivity contribution is 5.31. The summed E-state index contributed by atoms with van der Waals surface area (Å²) < 4.78 is 5.37. The Hall–Kier alpha value is -1.41. The molecule has 0 amide bonds. The van der Waals surface area contributed by atoms with Crippen LogP contribution in [0.1, 0.15) is 49.7 Å². The predicted octanol–water partition coefficient (Wildman–Crippen LogP) is 3.04. The van der Waals surface area contributed by atoms with Gasteiger partial charge in [0, 0.05) is 25.3 Å². The van der Waals surface area contributed by atoms with Crippen molar-refractivity contribution in [1.82, 2.24) is 5.32 Å². The van der Waals surface area contributed by atoms with Crippen LogP contribution >= 0.6 is 0 Å². The number of aliphatic hydroxyl groups excluding tert-OH is 1. The lowest BCUT2D eigenvalue weighted by molar-refractivity contribution is 0.0110. The number of hydrogen-bond donors (Lipinski definition) is 2. The molecule has 4 nitrogen and oxygen atoms in total. The van der Waals surface area contributed by atoms with E-state index in [9.17, 15) is 10.4 Å². The smallest absolute Gasteiger partial charge is 0.0692 e. The molecule has 2 aliphatic rings. The Kier molecular flexibility index (Phi) is 5.24. The SMILES string of the molecule is Cc1cccc(C2(NCC(O)CC3(C#N)CCOCC3)CCC2)c1. The number of rotatable bonds is 6. The van der Waals surface area contributed by atoms with Crippen LogP contribution in [-0.4, -0.2) is 31.0 Å². The van der Waals surface area contributed by atoms with Crippen LogP contribution in [0.4, 0.5) is 0 Å². The summed E-state index contributed by atoms with van der Waals surface area (Å²) in [6.45, 7) is 3.91. The van der Waals surface area contributed by atoms with Crippen LogP contribution in [0.15, 0.2) is 24.3 Å². The Morgan fingerprint density at radius 3 is 2.62 bits per heavy atom. The van der Waals surface area contributed by atoms with Crippen molar-refractivity contribution in [2.45, 2.75) is 57.1 Å². The van der Waals surface area contributed by atoms with Crippen LogP contribution < -0.4 is 5.32 Å². The summed E-state index contributed by atoms with van der Waals surface area (Å²) >= 11 is 0. The van der Waals surface area contributed by atoms with E-state index in [4.69, 9.17) is 4.74 Å². The van der Waals surface area contributed by atoms with Gasteiger partial charge in [-0.1, -0.05) is 29.8 Å². The van der Waals surface area contributed by atoms with Gasteiger partial charge < -0.3 is 15.2 Å². The first-order chi connectivity index (χ1) is 11.6. The molecule has 0 spiro atoms. The third-order valence-corrected chi connectivity index (χ3v) is 5.77. The van der Waals surface area contributed by atoms with Gasteiger partial charge in [0.05, 0.1) is 17.6 Å². The Labute approximate surface area is 144 Å². The van der Waals surface area contributed by atoms with Gasteiger partial charge in [0.15, 0.2) is 0 Å². The predicted molar refractivity (Wildman–Crippen MR) is 93.4 cm³/mol. The van der Waals surface area contributed by atoms with Crippen molar-refractivity contribution in [1.29, 1.82) is 5.26 Å². The van der Waals surface area contributed by atoms with E-state index in [1.807, 2.05) is 0 Å². The van der Waals surface area contributed by atoms with Crippen molar-refractivity contribution < 1.29 is 9.84 Å². The molecule has 1 aliphatic heterocycles. The molecule has 130 valence electrons. The van der Waals surface area contributed by atoms with E-state index in [0.717, 1.165) is 25.7 Å². The molecule has 2 N–H and O–H groups in total. The first-order valence-electron chi connectivity index (χ1n) is 9.07. The van der Waals surface area contributed by atoms with Crippen LogP contribution in [0.2, 0.25) is 0 Å². The van der Waals surface area contributed by atoms with Crippen LogP contribution in [-0.2, 0) is 10.3 Å². The van der Waals surface area contributed by atoms with Gasteiger partial charge in [-0.25, -0.2) is 0 Å². The number of aliphatic hydroxyl groups is 1. The average Bonchev–Trinajstić information content (AvgIpc) is 2.55. The van der Waals surface area contributed by atoms with Gasteiger partial charge in [-0.05, 0) is 51.0 Å². The fraction of sp³-hybridized carbons (Fsp3) is 0.650. The second kappa shape index (κ2) is 7.23. The summed E-state index contributed by atoms with van der Waals surface area (Å²) in [4.78, 5) is 0. The molecule has 3 rings (SSSR count). The quantitative estimate of drug-likeness (QED) is 0.842. The zero-order valence-corrected chi connectivity index (χ0v) is 14.6. The molecule has 24 heavy (non-hydrogen) atoms. The van der Waals surface area contributed by atoms with E-state index >= 15 is 0 Å². The fourth-order valence-electron chi connectivity index (χ4n) is 4.00. The van der Waals surface area contributed by atoms with E-state index in [1.165, 1.54) is 17.5 Å². The molecule has 0 aromatic heterocycles. The summed E-state index contributed by atoms with van der Waals surface area (Å²) in [5.41, 5.74) is 2.17. The number of nitrogens with zero attached hydrogens (tertiary/aromatic N) is 1. The van der Waals surface area contributed by atoms with E-state index in [2.05, 4.69) is 42.6 Å². The maximum atomic E-state index is 10.5. The van der Waals surface area contributed by atoms with Gasteiger partial charge >= 0.3 is 0 Å². The fourth-order valence-corrected chi connectivity index (χ4v) is 4.00. The first-order valence-corrected chi connectivity index (χ1v) is 9.07. The standard InChI is InChI=1S/C20H28N2O2/c1-16-4-2-5-17(12-16)20(6-3-7-20)22-14-18(23)13-19(15-21)8-10-24-11-9-19/h2,4-5,12,18,22-23H,3,6-11,13-14H2,1H3. The van der Waals surface area contributed by atoms with E-state index in [1.54, 1.807) is 0 Å². The molecule has 0 bridgehead atoms. The van der Waals surface area contributed by atoms with E-state index in [0.29, 0.717) is 26.2 Å². The van der Waals surface area contributed by atoms with Gasteiger partial charge in [-0.15, -0.1) is 0 Å². The lowest BCUT2D eigenvalue weighted by atomic mass is 9.71. The van der Waals surface area contributed by atoms with Gasteiger partial charge in [-0.2, -0.15) is 5.26 Å². The zero-order valence-electron chi connectivity index (χ0n) is 14.6. The van der Waals surface area contributed by atoms with Crippen molar-refractivity contribution in [3.63, 3.8) is 0 Å². The largest absolute Gasteiger partial charge is 0.392 e. The van der Waals surface area contributed by atoms with Gasteiger partial charge in [-0.3, -0.25) is 0 Å². The molecule has 1 aromatic rings. The van der Waals surface area contributed by atoms with E-state index in [-0.39, 0.29) is 5.54 Å². The zero-order chi connectivity index (χ0) is 17.0. The lowest BCUT2D eigenvalue weighted by Crippen LogP contribution is -2.51. The van der Waals surface area contributed by atoms with Gasteiger partial charge in [0.25, 0.3) is 0 Å². The highest BCUT2D eigenvalue weighted by Gasteiger charge is 2.40. The molecule has 1 aliphatic carbocycles. The summed E-state index contributed by atoms with van der Waals surface area (Å²) in [7, 11) is 0. The monoisotopic (exact) mass is 328 g/mol. The molecule has 2 fully saturated rings. The third-order valence-electron chi connectivity index (χ3n) is 5.77. The highest BCUT2D eigenvalue weighted by Crippen LogP contribution is 2.42. The van der Waals surface area contributed by atoms with Crippen LogP contribution in [0, 0.1) is 23.7 Å². The summed E-state index contributed by atoms with van der Waals surface area (Å²) in [5.74, 6) is 0. The molecule has 1 heterocycles. The van der Waals surface area contributed by atoms with Crippen molar-refractivity contribution in [2.75, 3.05) is 19.8 Å². The van der Waals surface area contributed by atoms with Crippen molar-refractivity contribution in [3.8, 4) is 6.07 Å². The van der Waals surface area contributed by atoms with Gasteiger partial charge in [0.2, 0.25) is 0 Å².